The Kier molecular flexibility index (Phi) is 4.51. The number of thiophene rings is 1. The average Bonchev–Trinajstić information content (AvgIpc) is 2.73. The topological polar surface area (TPSA) is 26.0 Å². The second kappa shape index (κ2) is 5.83. The first-order valence-electron chi connectivity index (χ1n) is 5.62. The molecule has 7 heteroatoms. The minimum Gasteiger partial charge on any atom is -0.324 e. The van der Waals surface area contributed by atoms with Crippen LogP contribution in [0.4, 0.5) is 17.6 Å². The highest BCUT2D eigenvalue weighted by Crippen LogP contribution is 2.35. The molecule has 0 saturated heterocycles. The van der Waals surface area contributed by atoms with Crippen molar-refractivity contribution in [2.45, 2.75) is 18.6 Å². The third kappa shape index (κ3) is 3.59. The first-order valence-corrected chi connectivity index (χ1v) is 7.30. The summed E-state index contributed by atoms with van der Waals surface area (Å²) in [6.07, 6.45) is -4.32. The third-order valence-corrected chi connectivity index (χ3v) is 4.48. The predicted octanol–water partition coefficient (Wildman–Crippen LogP) is 4.91. The predicted molar refractivity (Wildman–Crippen MR) is 74.1 cm³/mol. The molecule has 108 valence electrons. The lowest BCUT2D eigenvalue weighted by Gasteiger charge is -2.18. The summed E-state index contributed by atoms with van der Waals surface area (Å²) in [7, 11) is 0. The molecule has 1 aromatic carbocycles. The Morgan fingerprint density at radius 1 is 1.25 bits per heavy atom. The van der Waals surface area contributed by atoms with Gasteiger partial charge >= 0.3 is 6.18 Å². The number of rotatable bonds is 3. The maximum Gasteiger partial charge on any atom is 0.416 e. The molecule has 2 aromatic rings. The molecule has 0 amide bonds. The summed E-state index contributed by atoms with van der Waals surface area (Å²) in [6.45, 7) is 0. The monoisotopic (exact) mass is 367 g/mol. The summed E-state index contributed by atoms with van der Waals surface area (Å²) in [4.78, 5) is 0.835. The summed E-state index contributed by atoms with van der Waals surface area (Å²) < 4.78 is 52.8. The Morgan fingerprint density at radius 2 is 1.95 bits per heavy atom. The Bertz CT molecular complexity index is 609. The molecule has 20 heavy (non-hydrogen) atoms. The van der Waals surface area contributed by atoms with Crippen LogP contribution in [0.3, 0.4) is 0 Å². The molecule has 2 N–H and O–H groups in total. The fraction of sp³-hybridized carbons (Fsp3) is 0.231. The van der Waals surface area contributed by atoms with Crippen molar-refractivity contribution in [3.8, 4) is 0 Å². The summed E-state index contributed by atoms with van der Waals surface area (Å²) in [5, 5.41) is 1.82. The fourth-order valence-corrected chi connectivity index (χ4v) is 3.40. The van der Waals surface area contributed by atoms with Gasteiger partial charge in [-0.15, -0.1) is 11.3 Å². The Labute approximate surface area is 125 Å². The van der Waals surface area contributed by atoms with E-state index in [9.17, 15) is 17.6 Å². The number of alkyl halides is 3. The van der Waals surface area contributed by atoms with Gasteiger partial charge in [-0.1, -0.05) is 0 Å². The highest BCUT2D eigenvalue weighted by atomic mass is 79.9. The van der Waals surface area contributed by atoms with Gasteiger partial charge in [-0.3, -0.25) is 0 Å². The van der Waals surface area contributed by atoms with Crippen LogP contribution in [0.15, 0.2) is 34.1 Å². The molecule has 1 atom stereocenters. The maximum atomic E-state index is 13.2. The molecular formula is C13H10BrF4NS. The Morgan fingerprint density at radius 3 is 2.50 bits per heavy atom. The van der Waals surface area contributed by atoms with Gasteiger partial charge in [0, 0.05) is 27.2 Å². The van der Waals surface area contributed by atoms with E-state index < -0.39 is 23.6 Å². The zero-order chi connectivity index (χ0) is 14.9. The van der Waals surface area contributed by atoms with Crippen molar-refractivity contribution in [1.82, 2.24) is 0 Å². The molecule has 0 aliphatic carbocycles. The lowest BCUT2D eigenvalue weighted by molar-refractivity contribution is -0.138. The zero-order valence-corrected chi connectivity index (χ0v) is 12.4. The maximum absolute atomic E-state index is 13.2. The molecule has 2 rings (SSSR count). The van der Waals surface area contributed by atoms with Crippen molar-refractivity contribution in [1.29, 1.82) is 0 Å². The molecule has 1 aromatic heterocycles. The van der Waals surface area contributed by atoms with Crippen LogP contribution in [0.5, 0.6) is 0 Å². The molecule has 1 heterocycles. The summed E-state index contributed by atoms with van der Waals surface area (Å²) in [6, 6.07) is 3.26. The minimum atomic E-state index is -4.54. The van der Waals surface area contributed by atoms with E-state index in [1.54, 1.807) is 6.07 Å². The van der Waals surface area contributed by atoms with Gasteiger partial charge in [-0.25, -0.2) is 4.39 Å². The molecule has 0 aliphatic heterocycles. The molecule has 1 nitrogen and oxygen atoms in total. The van der Waals surface area contributed by atoms with Crippen molar-refractivity contribution in [2.24, 2.45) is 5.73 Å². The van der Waals surface area contributed by atoms with Crippen LogP contribution in [0.25, 0.3) is 0 Å². The SMILES string of the molecule is NC(Cc1cc(Br)cs1)c1cc(F)ccc1C(F)(F)F. The highest BCUT2D eigenvalue weighted by Gasteiger charge is 2.34. The number of hydrogen-bond donors (Lipinski definition) is 1. The van der Waals surface area contributed by atoms with Gasteiger partial charge in [0.1, 0.15) is 5.82 Å². The average molecular weight is 368 g/mol. The van der Waals surface area contributed by atoms with Gasteiger partial charge in [-0.05, 0) is 45.8 Å². The van der Waals surface area contributed by atoms with Gasteiger partial charge in [0.05, 0.1) is 5.56 Å². The van der Waals surface area contributed by atoms with Crippen molar-refractivity contribution in [2.75, 3.05) is 0 Å². The zero-order valence-electron chi connectivity index (χ0n) is 10.0. The molecule has 0 saturated carbocycles. The summed E-state index contributed by atoms with van der Waals surface area (Å²) in [5.74, 6) is -0.726. The van der Waals surface area contributed by atoms with E-state index in [-0.39, 0.29) is 12.0 Å². The Balaban J connectivity index is 2.33. The van der Waals surface area contributed by atoms with Gasteiger partial charge < -0.3 is 5.73 Å². The van der Waals surface area contributed by atoms with Crippen LogP contribution in [-0.2, 0) is 12.6 Å². The van der Waals surface area contributed by atoms with E-state index in [0.717, 1.165) is 27.5 Å². The van der Waals surface area contributed by atoms with Crippen LogP contribution in [-0.4, -0.2) is 0 Å². The quantitative estimate of drug-likeness (QED) is 0.766. The number of hydrogen-bond acceptors (Lipinski definition) is 2. The molecule has 0 fully saturated rings. The lowest BCUT2D eigenvalue weighted by Crippen LogP contribution is -2.19. The van der Waals surface area contributed by atoms with Crippen LogP contribution in [0.1, 0.15) is 22.0 Å². The van der Waals surface area contributed by atoms with Gasteiger partial charge in [0.25, 0.3) is 0 Å². The number of halogens is 5. The van der Waals surface area contributed by atoms with Gasteiger partial charge in [-0.2, -0.15) is 13.2 Å². The van der Waals surface area contributed by atoms with Gasteiger partial charge in [0.2, 0.25) is 0 Å². The first-order chi connectivity index (χ1) is 9.27. The molecule has 0 bridgehead atoms. The molecule has 0 radical (unpaired) electrons. The van der Waals surface area contributed by atoms with Crippen LogP contribution >= 0.6 is 27.3 Å². The smallest absolute Gasteiger partial charge is 0.324 e. The van der Waals surface area contributed by atoms with Gasteiger partial charge in [0.15, 0.2) is 0 Å². The van der Waals surface area contributed by atoms with E-state index in [1.165, 1.54) is 11.3 Å². The largest absolute Gasteiger partial charge is 0.416 e. The van der Waals surface area contributed by atoms with Crippen molar-refractivity contribution < 1.29 is 17.6 Å². The summed E-state index contributed by atoms with van der Waals surface area (Å²) >= 11 is 4.65. The Hall–Kier alpha value is -0.920. The molecular weight excluding hydrogens is 358 g/mol. The normalized spacial score (nSPS) is 13.5. The summed E-state index contributed by atoms with van der Waals surface area (Å²) in [5.41, 5.74) is 4.72. The minimum absolute atomic E-state index is 0.220. The van der Waals surface area contributed by atoms with E-state index in [0.29, 0.717) is 0 Å². The second-order valence-corrected chi connectivity index (χ2v) is 6.18. The van der Waals surface area contributed by atoms with E-state index >= 15 is 0 Å². The lowest BCUT2D eigenvalue weighted by atomic mass is 9.97. The standard InChI is InChI=1S/C13H10BrF4NS/c14-7-3-9(20-6-7)5-12(19)10-4-8(15)1-2-11(10)13(16,17)18/h1-4,6,12H,5,19H2. The van der Waals surface area contributed by atoms with Crippen molar-refractivity contribution in [3.63, 3.8) is 0 Å². The molecule has 0 aliphatic rings. The highest BCUT2D eigenvalue weighted by molar-refractivity contribution is 9.10. The molecule has 0 spiro atoms. The first kappa shape index (κ1) is 15.5. The van der Waals surface area contributed by atoms with Crippen LogP contribution in [0.2, 0.25) is 0 Å². The number of nitrogens with two attached hydrogens (primary N) is 1. The van der Waals surface area contributed by atoms with Crippen LogP contribution < -0.4 is 5.73 Å². The molecule has 1 unspecified atom stereocenters. The second-order valence-electron chi connectivity index (χ2n) is 4.27. The van der Waals surface area contributed by atoms with E-state index in [1.807, 2.05) is 5.38 Å². The van der Waals surface area contributed by atoms with Crippen molar-refractivity contribution in [3.05, 3.63) is 55.9 Å². The third-order valence-electron chi connectivity index (χ3n) is 2.76. The number of benzene rings is 1. The van der Waals surface area contributed by atoms with E-state index in [4.69, 9.17) is 5.73 Å². The fourth-order valence-electron chi connectivity index (χ4n) is 1.89. The van der Waals surface area contributed by atoms with Crippen LogP contribution in [0, 0.1) is 5.82 Å². The van der Waals surface area contributed by atoms with E-state index in [2.05, 4.69) is 15.9 Å². The van der Waals surface area contributed by atoms with Crippen molar-refractivity contribution >= 4 is 27.3 Å².